The van der Waals surface area contributed by atoms with Crippen molar-refractivity contribution in [2.24, 2.45) is 11.8 Å². The number of hydrogen-bond acceptors (Lipinski definition) is 5. The summed E-state index contributed by atoms with van der Waals surface area (Å²) in [4.78, 5) is 25.0. The molecule has 1 aromatic carbocycles. The molecule has 7 nitrogen and oxygen atoms in total. The van der Waals surface area contributed by atoms with Crippen molar-refractivity contribution < 1.29 is 27.1 Å². The van der Waals surface area contributed by atoms with E-state index >= 15 is 0 Å². The van der Waals surface area contributed by atoms with Crippen molar-refractivity contribution >= 4 is 21.9 Å². The van der Waals surface area contributed by atoms with Gasteiger partial charge >= 0.3 is 5.97 Å². The maximum atomic E-state index is 13.1. The van der Waals surface area contributed by atoms with Gasteiger partial charge in [-0.15, -0.1) is 0 Å². The van der Waals surface area contributed by atoms with Crippen LogP contribution in [-0.2, 0) is 24.3 Å². The summed E-state index contributed by atoms with van der Waals surface area (Å²) in [6.07, 6.45) is 4.02. The second-order valence-corrected chi connectivity index (χ2v) is 10.5. The number of piperidine rings is 1. The van der Waals surface area contributed by atoms with E-state index < -0.39 is 33.8 Å². The first-order chi connectivity index (χ1) is 14.7. The molecule has 9 heteroatoms. The predicted octanol–water partition coefficient (Wildman–Crippen LogP) is 2.85. The number of ether oxygens (including phenoxy) is 1. The monoisotopic (exact) mass is 454 g/mol. The van der Waals surface area contributed by atoms with Crippen LogP contribution in [0.15, 0.2) is 29.2 Å². The standard InChI is InChI=1S/C22H31FN2O5S/c1-15-5-3-4-6-20(15)24-21(26)16(2)30-22(27)17-11-13-25(14-12-17)31(28,29)19-9-7-18(23)8-10-19/h7-10,15-17,20H,3-6,11-14H2,1-2H3,(H,24,26)/t15-,16+,20+/m0/s1. The Morgan fingerprint density at radius 1 is 1.10 bits per heavy atom. The molecule has 0 bridgehead atoms. The SMILES string of the molecule is C[C@@H](OC(=O)C1CCN(S(=O)(=O)c2ccc(F)cc2)CC1)C(=O)N[C@@H]1CCCC[C@@H]1C. The Kier molecular flexibility index (Phi) is 7.69. The Morgan fingerprint density at radius 3 is 2.32 bits per heavy atom. The van der Waals surface area contributed by atoms with Crippen LogP contribution in [0.2, 0.25) is 0 Å². The first kappa shape index (κ1) is 23.7. The summed E-state index contributed by atoms with van der Waals surface area (Å²) in [5, 5.41) is 3.00. The maximum absolute atomic E-state index is 13.1. The molecule has 0 unspecified atom stereocenters. The Labute approximate surface area is 183 Å². The van der Waals surface area contributed by atoms with Gasteiger partial charge in [-0.1, -0.05) is 19.8 Å². The van der Waals surface area contributed by atoms with Crippen LogP contribution in [-0.4, -0.2) is 49.8 Å². The van der Waals surface area contributed by atoms with Gasteiger partial charge in [0.15, 0.2) is 6.10 Å². The maximum Gasteiger partial charge on any atom is 0.309 e. The molecule has 1 saturated carbocycles. The fraction of sp³-hybridized carbons (Fsp3) is 0.636. The van der Waals surface area contributed by atoms with Crippen LogP contribution in [0.3, 0.4) is 0 Å². The van der Waals surface area contributed by atoms with Crippen LogP contribution in [0.1, 0.15) is 52.4 Å². The number of carbonyl (C=O) groups is 2. The van der Waals surface area contributed by atoms with Crippen LogP contribution >= 0.6 is 0 Å². The highest BCUT2D eigenvalue weighted by Crippen LogP contribution is 2.26. The summed E-state index contributed by atoms with van der Waals surface area (Å²) in [6.45, 7) is 4.02. The van der Waals surface area contributed by atoms with Crippen molar-refractivity contribution in [2.75, 3.05) is 13.1 Å². The van der Waals surface area contributed by atoms with Crippen molar-refractivity contribution in [1.82, 2.24) is 9.62 Å². The molecule has 1 aromatic rings. The zero-order valence-corrected chi connectivity index (χ0v) is 18.9. The van der Waals surface area contributed by atoms with Gasteiger partial charge in [0.05, 0.1) is 10.8 Å². The molecule has 1 saturated heterocycles. The van der Waals surface area contributed by atoms with E-state index in [4.69, 9.17) is 4.74 Å². The number of sulfonamides is 1. The highest BCUT2D eigenvalue weighted by atomic mass is 32.2. The van der Waals surface area contributed by atoms with Gasteiger partial charge in [-0.05, 0) is 62.8 Å². The molecule has 1 aliphatic carbocycles. The van der Waals surface area contributed by atoms with Gasteiger partial charge in [0, 0.05) is 19.1 Å². The molecular formula is C22H31FN2O5S. The molecule has 2 fully saturated rings. The molecular weight excluding hydrogens is 423 g/mol. The summed E-state index contributed by atoms with van der Waals surface area (Å²) < 4.78 is 45.1. The van der Waals surface area contributed by atoms with E-state index in [0.717, 1.165) is 31.4 Å². The van der Waals surface area contributed by atoms with Gasteiger partial charge in [0.25, 0.3) is 5.91 Å². The molecule has 3 rings (SSSR count). The van der Waals surface area contributed by atoms with Crippen LogP contribution in [0.4, 0.5) is 4.39 Å². The van der Waals surface area contributed by atoms with Gasteiger partial charge in [-0.25, -0.2) is 12.8 Å². The smallest absolute Gasteiger partial charge is 0.309 e. The summed E-state index contributed by atoms with van der Waals surface area (Å²) in [5.74, 6) is -1.31. The molecule has 0 spiro atoms. The summed E-state index contributed by atoms with van der Waals surface area (Å²) in [7, 11) is -3.74. The predicted molar refractivity (Wildman–Crippen MR) is 113 cm³/mol. The van der Waals surface area contributed by atoms with Gasteiger partial charge in [-0.3, -0.25) is 9.59 Å². The van der Waals surface area contributed by atoms with Gasteiger partial charge < -0.3 is 10.1 Å². The third-order valence-corrected chi connectivity index (χ3v) is 8.25. The quantitative estimate of drug-likeness (QED) is 0.668. The Morgan fingerprint density at radius 2 is 1.71 bits per heavy atom. The van der Waals surface area contributed by atoms with E-state index in [1.165, 1.54) is 22.9 Å². The lowest BCUT2D eigenvalue weighted by Gasteiger charge is -2.32. The second-order valence-electron chi connectivity index (χ2n) is 8.59. The van der Waals surface area contributed by atoms with E-state index in [1.54, 1.807) is 6.92 Å². The molecule has 1 amide bonds. The lowest BCUT2D eigenvalue weighted by molar-refractivity contribution is -0.160. The van der Waals surface area contributed by atoms with Crippen LogP contribution < -0.4 is 5.32 Å². The van der Waals surface area contributed by atoms with Gasteiger partial charge in [-0.2, -0.15) is 4.31 Å². The average Bonchev–Trinajstić information content (AvgIpc) is 2.75. The fourth-order valence-electron chi connectivity index (χ4n) is 4.24. The van der Waals surface area contributed by atoms with Crippen molar-refractivity contribution in [2.45, 2.75) is 69.4 Å². The number of benzene rings is 1. The molecule has 2 aliphatic rings. The van der Waals surface area contributed by atoms with E-state index in [-0.39, 0.29) is 29.9 Å². The van der Waals surface area contributed by atoms with E-state index in [2.05, 4.69) is 12.2 Å². The molecule has 3 atom stereocenters. The number of amides is 1. The number of carbonyl (C=O) groups excluding carboxylic acids is 2. The van der Waals surface area contributed by atoms with E-state index in [9.17, 15) is 22.4 Å². The number of hydrogen-bond donors (Lipinski definition) is 1. The van der Waals surface area contributed by atoms with Crippen molar-refractivity contribution in [1.29, 1.82) is 0 Å². The number of nitrogens with zero attached hydrogens (tertiary/aromatic N) is 1. The molecule has 31 heavy (non-hydrogen) atoms. The fourth-order valence-corrected chi connectivity index (χ4v) is 5.71. The van der Waals surface area contributed by atoms with Gasteiger partial charge in [0.1, 0.15) is 5.82 Å². The third-order valence-electron chi connectivity index (χ3n) is 6.34. The Hall–Kier alpha value is -2.00. The average molecular weight is 455 g/mol. The normalized spacial score (nSPS) is 24.4. The topological polar surface area (TPSA) is 92.8 Å². The first-order valence-corrected chi connectivity index (χ1v) is 12.4. The Bertz CT molecular complexity index is 882. The van der Waals surface area contributed by atoms with Crippen LogP contribution in [0, 0.1) is 17.7 Å². The highest BCUT2D eigenvalue weighted by molar-refractivity contribution is 7.89. The van der Waals surface area contributed by atoms with Crippen molar-refractivity contribution in [3.8, 4) is 0 Å². The minimum Gasteiger partial charge on any atom is -0.452 e. The highest BCUT2D eigenvalue weighted by Gasteiger charge is 2.34. The molecule has 0 radical (unpaired) electrons. The Balaban J connectivity index is 1.49. The minimum atomic E-state index is -3.74. The molecule has 1 aliphatic heterocycles. The number of rotatable bonds is 6. The molecule has 1 N–H and O–H groups in total. The summed E-state index contributed by atoms with van der Waals surface area (Å²) >= 11 is 0. The number of halogens is 1. The first-order valence-electron chi connectivity index (χ1n) is 10.9. The number of nitrogens with one attached hydrogen (secondary N) is 1. The zero-order chi connectivity index (χ0) is 22.6. The summed E-state index contributed by atoms with van der Waals surface area (Å²) in [5.41, 5.74) is 0. The van der Waals surface area contributed by atoms with Crippen LogP contribution in [0.25, 0.3) is 0 Å². The lowest BCUT2D eigenvalue weighted by Crippen LogP contribution is -2.47. The second kappa shape index (κ2) is 10.1. The lowest BCUT2D eigenvalue weighted by atomic mass is 9.86. The van der Waals surface area contributed by atoms with E-state index in [1.807, 2.05) is 0 Å². The largest absolute Gasteiger partial charge is 0.452 e. The third kappa shape index (κ3) is 5.83. The number of esters is 1. The zero-order valence-electron chi connectivity index (χ0n) is 18.1. The molecule has 0 aromatic heterocycles. The minimum absolute atomic E-state index is 0.0251. The van der Waals surface area contributed by atoms with Gasteiger partial charge in [0.2, 0.25) is 10.0 Å². The van der Waals surface area contributed by atoms with Crippen molar-refractivity contribution in [3.63, 3.8) is 0 Å². The molecule has 1 heterocycles. The summed E-state index contributed by atoms with van der Waals surface area (Å²) in [6, 6.07) is 4.80. The van der Waals surface area contributed by atoms with E-state index in [0.29, 0.717) is 18.8 Å². The van der Waals surface area contributed by atoms with Crippen LogP contribution in [0.5, 0.6) is 0 Å². The van der Waals surface area contributed by atoms with Crippen molar-refractivity contribution in [3.05, 3.63) is 30.1 Å². The molecule has 172 valence electrons.